The summed E-state index contributed by atoms with van der Waals surface area (Å²) in [6.07, 6.45) is 0.621. The lowest BCUT2D eigenvalue weighted by molar-refractivity contribution is -0.136. The van der Waals surface area contributed by atoms with Gasteiger partial charge in [0.25, 0.3) is 5.91 Å². The quantitative estimate of drug-likeness (QED) is 0.565. The molecule has 1 saturated heterocycles. The summed E-state index contributed by atoms with van der Waals surface area (Å²) < 4.78 is 0. The Kier molecular flexibility index (Phi) is 4.27. The molecule has 1 unspecified atom stereocenters. The average molecular weight is 364 g/mol. The zero-order valence-corrected chi connectivity index (χ0v) is 14.7. The third-order valence-electron chi connectivity index (χ3n) is 5.03. The van der Waals surface area contributed by atoms with Crippen LogP contribution in [0.5, 0.6) is 0 Å². The minimum absolute atomic E-state index is 0.161. The first-order valence-electron chi connectivity index (χ1n) is 8.88. The number of amides is 3. The number of imide groups is 1. The minimum Gasteiger partial charge on any atom is -0.397 e. The molecular weight excluding hydrogens is 344 g/mol. The van der Waals surface area contributed by atoms with Gasteiger partial charge < -0.3 is 16.0 Å². The van der Waals surface area contributed by atoms with Gasteiger partial charge in [-0.3, -0.25) is 19.7 Å². The van der Waals surface area contributed by atoms with Gasteiger partial charge in [0.15, 0.2) is 0 Å². The van der Waals surface area contributed by atoms with Crippen molar-refractivity contribution < 1.29 is 14.4 Å². The van der Waals surface area contributed by atoms with Crippen LogP contribution in [0.15, 0.2) is 42.5 Å². The molecule has 1 fully saturated rings. The molecule has 7 nitrogen and oxygen atoms in total. The first-order valence-corrected chi connectivity index (χ1v) is 8.88. The molecule has 27 heavy (non-hydrogen) atoms. The van der Waals surface area contributed by atoms with Gasteiger partial charge in [0.05, 0.1) is 11.4 Å². The van der Waals surface area contributed by atoms with Crippen LogP contribution in [0.2, 0.25) is 0 Å². The molecule has 138 valence electrons. The number of hydrogen-bond donors (Lipinski definition) is 3. The Morgan fingerprint density at radius 3 is 2.74 bits per heavy atom. The number of nitrogens with two attached hydrogens (primary N) is 1. The Morgan fingerprint density at radius 1 is 1.15 bits per heavy atom. The lowest BCUT2D eigenvalue weighted by Crippen LogP contribution is -2.52. The number of para-hydroxylation sites is 2. The maximum Gasteiger partial charge on any atom is 0.255 e. The van der Waals surface area contributed by atoms with Crippen molar-refractivity contribution in [1.82, 2.24) is 10.2 Å². The van der Waals surface area contributed by atoms with E-state index < -0.39 is 11.9 Å². The number of anilines is 2. The fourth-order valence-corrected chi connectivity index (χ4v) is 3.59. The number of nitrogen functional groups attached to an aromatic ring is 1. The number of nitrogens with one attached hydrogen (secondary N) is 2. The molecule has 2 aliphatic heterocycles. The summed E-state index contributed by atoms with van der Waals surface area (Å²) in [6, 6.07) is 12.6. The Balaban J connectivity index is 1.48. The van der Waals surface area contributed by atoms with Gasteiger partial charge in [-0.1, -0.05) is 24.3 Å². The number of nitrogens with zero attached hydrogens (tertiary/aromatic N) is 1. The van der Waals surface area contributed by atoms with Gasteiger partial charge in [-0.15, -0.1) is 0 Å². The van der Waals surface area contributed by atoms with E-state index in [1.165, 1.54) is 0 Å². The third-order valence-corrected chi connectivity index (χ3v) is 5.03. The molecule has 3 amide bonds. The normalized spacial score (nSPS) is 19.0. The van der Waals surface area contributed by atoms with E-state index in [0.717, 1.165) is 16.8 Å². The Morgan fingerprint density at radius 2 is 1.96 bits per heavy atom. The minimum atomic E-state index is -0.590. The lowest BCUT2D eigenvalue weighted by atomic mass is 10.0. The monoisotopic (exact) mass is 364 g/mol. The first-order chi connectivity index (χ1) is 13.0. The second-order valence-corrected chi connectivity index (χ2v) is 6.83. The van der Waals surface area contributed by atoms with Crippen LogP contribution in [0.25, 0.3) is 0 Å². The van der Waals surface area contributed by atoms with Gasteiger partial charge in [-0.2, -0.15) is 0 Å². The van der Waals surface area contributed by atoms with Gasteiger partial charge in [0.1, 0.15) is 6.04 Å². The zero-order valence-electron chi connectivity index (χ0n) is 14.7. The Hall–Kier alpha value is -3.35. The van der Waals surface area contributed by atoms with Crippen molar-refractivity contribution in [2.24, 2.45) is 0 Å². The first kappa shape index (κ1) is 17.1. The number of benzene rings is 2. The lowest BCUT2D eigenvalue weighted by Gasteiger charge is -2.29. The fraction of sp³-hybridized carbons (Fsp3) is 0.250. The van der Waals surface area contributed by atoms with Crippen molar-refractivity contribution >= 4 is 29.1 Å². The maximum absolute atomic E-state index is 12.7. The van der Waals surface area contributed by atoms with E-state index >= 15 is 0 Å². The summed E-state index contributed by atoms with van der Waals surface area (Å²) in [7, 11) is 0. The predicted octanol–water partition coefficient (Wildman–Crippen LogP) is 1.64. The SMILES string of the molecule is Nc1ccccc1NCc1ccc2c(c1)CN(C1CCC(=O)NC1=O)C2=O. The molecule has 0 aromatic heterocycles. The molecule has 2 aromatic carbocycles. The molecule has 4 N–H and O–H groups in total. The molecule has 4 rings (SSSR count). The smallest absolute Gasteiger partial charge is 0.255 e. The van der Waals surface area contributed by atoms with Crippen molar-refractivity contribution in [1.29, 1.82) is 0 Å². The van der Waals surface area contributed by atoms with Crippen LogP contribution in [-0.4, -0.2) is 28.7 Å². The van der Waals surface area contributed by atoms with Crippen molar-refractivity contribution in [3.05, 3.63) is 59.2 Å². The zero-order chi connectivity index (χ0) is 19.0. The summed E-state index contributed by atoms with van der Waals surface area (Å²) in [5, 5.41) is 5.61. The molecule has 2 aliphatic rings. The van der Waals surface area contributed by atoms with Crippen molar-refractivity contribution in [2.45, 2.75) is 32.0 Å². The van der Waals surface area contributed by atoms with E-state index in [4.69, 9.17) is 5.73 Å². The number of fused-ring (bicyclic) bond motifs is 1. The topological polar surface area (TPSA) is 105 Å². The van der Waals surface area contributed by atoms with E-state index in [-0.39, 0.29) is 18.2 Å². The van der Waals surface area contributed by atoms with Crippen molar-refractivity contribution in [3.63, 3.8) is 0 Å². The van der Waals surface area contributed by atoms with Crippen LogP contribution in [0.1, 0.15) is 34.3 Å². The number of rotatable bonds is 4. The van der Waals surface area contributed by atoms with E-state index in [1.807, 2.05) is 36.4 Å². The van der Waals surface area contributed by atoms with Gasteiger partial charge in [0.2, 0.25) is 11.8 Å². The van der Waals surface area contributed by atoms with Crippen LogP contribution in [0, 0.1) is 0 Å². The van der Waals surface area contributed by atoms with E-state index in [0.29, 0.717) is 30.8 Å². The van der Waals surface area contributed by atoms with Gasteiger partial charge in [0, 0.05) is 25.1 Å². The van der Waals surface area contributed by atoms with Gasteiger partial charge in [-0.05, 0) is 35.7 Å². The third kappa shape index (κ3) is 3.23. The molecule has 0 spiro atoms. The Labute approximate surface area is 156 Å². The molecule has 0 aliphatic carbocycles. The van der Waals surface area contributed by atoms with Crippen molar-refractivity contribution in [2.75, 3.05) is 11.1 Å². The van der Waals surface area contributed by atoms with Gasteiger partial charge >= 0.3 is 0 Å². The van der Waals surface area contributed by atoms with Crippen LogP contribution in [-0.2, 0) is 22.7 Å². The molecule has 2 heterocycles. The standard InChI is InChI=1S/C20H20N4O3/c21-15-3-1-2-4-16(15)22-10-12-5-6-14-13(9-12)11-24(20(14)27)17-7-8-18(25)23-19(17)26/h1-6,9,17,22H,7-8,10-11,21H2,(H,23,25,26). The summed E-state index contributed by atoms with van der Waals surface area (Å²) >= 11 is 0. The molecule has 0 radical (unpaired) electrons. The second-order valence-electron chi connectivity index (χ2n) is 6.83. The number of carbonyl (C=O) groups excluding carboxylic acids is 3. The maximum atomic E-state index is 12.7. The van der Waals surface area contributed by atoms with Gasteiger partial charge in [-0.25, -0.2) is 0 Å². The predicted molar refractivity (Wildman–Crippen MR) is 101 cm³/mol. The molecule has 0 saturated carbocycles. The molecule has 2 aromatic rings. The molecule has 7 heteroatoms. The van der Waals surface area contributed by atoms with Crippen LogP contribution < -0.4 is 16.4 Å². The highest BCUT2D eigenvalue weighted by Gasteiger charge is 2.38. The average Bonchev–Trinajstić information content (AvgIpc) is 2.97. The fourth-order valence-electron chi connectivity index (χ4n) is 3.59. The van der Waals surface area contributed by atoms with Crippen molar-refractivity contribution in [3.8, 4) is 0 Å². The second kappa shape index (κ2) is 6.75. The molecule has 1 atom stereocenters. The number of hydrogen-bond acceptors (Lipinski definition) is 5. The molecule has 0 bridgehead atoms. The summed E-state index contributed by atoms with van der Waals surface area (Å²) in [5.74, 6) is -0.839. The molecular formula is C20H20N4O3. The number of piperidine rings is 1. The van der Waals surface area contributed by atoms with E-state index in [1.54, 1.807) is 11.0 Å². The van der Waals surface area contributed by atoms with E-state index in [2.05, 4.69) is 10.6 Å². The van der Waals surface area contributed by atoms with Crippen LogP contribution in [0.3, 0.4) is 0 Å². The van der Waals surface area contributed by atoms with Crippen LogP contribution in [0.4, 0.5) is 11.4 Å². The number of carbonyl (C=O) groups is 3. The highest BCUT2D eigenvalue weighted by Crippen LogP contribution is 2.28. The highest BCUT2D eigenvalue weighted by atomic mass is 16.2. The Bertz CT molecular complexity index is 941. The summed E-state index contributed by atoms with van der Waals surface area (Å²) in [6.45, 7) is 0.954. The van der Waals surface area contributed by atoms with Crippen LogP contribution >= 0.6 is 0 Å². The summed E-state index contributed by atoms with van der Waals surface area (Å²) in [4.78, 5) is 37.7. The summed E-state index contributed by atoms with van der Waals surface area (Å²) in [5.41, 5.74) is 10.0. The largest absolute Gasteiger partial charge is 0.397 e. The van der Waals surface area contributed by atoms with E-state index in [9.17, 15) is 14.4 Å². The highest BCUT2D eigenvalue weighted by molar-refractivity contribution is 6.05.